The quantitative estimate of drug-likeness (QED) is 0.765. The van der Waals surface area contributed by atoms with E-state index in [0.717, 1.165) is 11.3 Å². The van der Waals surface area contributed by atoms with Crippen LogP contribution in [0.5, 0.6) is 5.75 Å². The zero-order valence-corrected chi connectivity index (χ0v) is 7.97. The summed E-state index contributed by atoms with van der Waals surface area (Å²) >= 11 is 0. The highest BCUT2D eigenvalue weighted by molar-refractivity contribution is 5.28. The molecule has 1 fully saturated rings. The molecule has 0 bridgehead atoms. The Balaban J connectivity index is 2.09. The van der Waals surface area contributed by atoms with Crippen LogP contribution in [0.4, 0.5) is 0 Å². The van der Waals surface area contributed by atoms with Crippen LogP contribution in [0.2, 0.25) is 0 Å². The zero-order valence-electron chi connectivity index (χ0n) is 7.97. The van der Waals surface area contributed by atoms with Gasteiger partial charge in [0.2, 0.25) is 6.41 Å². The van der Waals surface area contributed by atoms with Crippen molar-refractivity contribution in [2.45, 2.75) is 12.5 Å². The van der Waals surface area contributed by atoms with Crippen LogP contribution >= 0.6 is 0 Å². The van der Waals surface area contributed by atoms with Gasteiger partial charge in [-0.25, -0.2) is 0 Å². The molecule has 0 spiro atoms. The van der Waals surface area contributed by atoms with Crippen LogP contribution in [0.3, 0.4) is 0 Å². The van der Waals surface area contributed by atoms with Crippen molar-refractivity contribution in [3.05, 3.63) is 29.8 Å². The molecular weight excluding hydrogens is 182 g/mol. The Morgan fingerprint density at radius 3 is 2.57 bits per heavy atom. The zero-order chi connectivity index (χ0) is 9.97. The molecule has 0 radical (unpaired) electrons. The summed E-state index contributed by atoms with van der Waals surface area (Å²) in [5.74, 6) is 0.831. The average Bonchev–Trinajstić information content (AvgIpc) is 2.65. The van der Waals surface area contributed by atoms with Gasteiger partial charge in [-0.2, -0.15) is 0 Å². The first kappa shape index (κ1) is 9.45. The van der Waals surface area contributed by atoms with E-state index < -0.39 is 6.41 Å². The van der Waals surface area contributed by atoms with Gasteiger partial charge < -0.3 is 14.2 Å². The fraction of sp³-hybridized carbons (Fsp3) is 0.400. The Kier molecular flexibility index (Phi) is 2.67. The van der Waals surface area contributed by atoms with Gasteiger partial charge in [-0.15, -0.1) is 0 Å². The van der Waals surface area contributed by atoms with Crippen LogP contribution in [-0.4, -0.2) is 20.1 Å². The lowest BCUT2D eigenvalue weighted by atomic mass is 10.1. The number of rotatable bonds is 2. The fourth-order valence-corrected chi connectivity index (χ4v) is 1.42. The maximum Gasteiger partial charge on any atom is 0.214 e. The summed E-state index contributed by atoms with van der Waals surface area (Å²) in [6.07, 6.45) is -0.655. The Morgan fingerprint density at radius 1 is 1.36 bits per heavy atom. The number of benzene rings is 1. The monoisotopic (exact) mass is 195 g/mol. The third-order valence-corrected chi connectivity index (χ3v) is 2.20. The number of hydrogen-bond acceptors (Lipinski definition) is 4. The van der Waals surface area contributed by atoms with Crippen molar-refractivity contribution in [1.82, 2.24) is 0 Å². The molecule has 2 N–H and O–H groups in total. The van der Waals surface area contributed by atoms with Gasteiger partial charge in [-0.1, -0.05) is 12.1 Å². The van der Waals surface area contributed by atoms with Crippen molar-refractivity contribution in [2.75, 3.05) is 13.7 Å². The van der Waals surface area contributed by atoms with Gasteiger partial charge in [0, 0.05) is 0 Å². The minimum absolute atomic E-state index is 0.0593. The molecule has 1 aromatic rings. The molecular formula is C10H13NO3. The van der Waals surface area contributed by atoms with Crippen LogP contribution in [-0.2, 0) is 9.47 Å². The van der Waals surface area contributed by atoms with Crippen LogP contribution < -0.4 is 10.5 Å². The van der Waals surface area contributed by atoms with Crippen molar-refractivity contribution >= 4 is 0 Å². The molecule has 1 saturated heterocycles. The minimum atomic E-state index is -0.595. The molecule has 2 rings (SSSR count). The van der Waals surface area contributed by atoms with E-state index >= 15 is 0 Å². The second kappa shape index (κ2) is 3.96. The summed E-state index contributed by atoms with van der Waals surface area (Å²) in [5.41, 5.74) is 6.50. The second-order valence-corrected chi connectivity index (χ2v) is 3.10. The smallest absolute Gasteiger partial charge is 0.214 e. The predicted molar refractivity (Wildman–Crippen MR) is 50.7 cm³/mol. The van der Waals surface area contributed by atoms with E-state index in [2.05, 4.69) is 0 Å². The van der Waals surface area contributed by atoms with Crippen LogP contribution in [0, 0.1) is 0 Å². The molecule has 4 heteroatoms. The van der Waals surface area contributed by atoms with E-state index in [-0.39, 0.29) is 6.10 Å². The molecule has 2 atom stereocenters. The number of ether oxygens (including phenoxy) is 3. The maximum absolute atomic E-state index is 5.45. The van der Waals surface area contributed by atoms with E-state index in [0.29, 0.717) is 6.61 Å². The van der Waals surface area contributed by atoms with Crippen LogP contribution in [0.25, 0.3) is 0 Å². The van der Waals surface area contributed by atoms with Gasteiger partial charge in [0.1, 0.15) is 11.9 Å². The van der Waals surface area contributed by atoms with Crippen molar-refractivity contribution in [2.24, 2.45) is 5.73 Å². The predicted octanol–water partition coefficient (Wildman–Crippen LogP) is 1.03. The lowest BCUT2D eigenvalue weighted by molar-refractivity contribution is -0.0521. The summed E-state index contributed by atoms with van der Waals surface area (Å²) < 4.78 is 15.5. The van der Waals surface area contributed by atoms with Crippen molar-refractivity contribution in [3.63, 3.8) is 0 Å². The molecule has 1 aliphatic heterocycles. The fourth-order valence-electron chi connectivity index (χ4n) is 1.42. The van der Waals surface area contributed by atoms with Gasteiger partial charge >= 0.3 is 0 Å². The van der Waals surface area contributed by atoms with E-state index in [1.54, 1.807) is 7.11 Å². The molecule has 1 heterocycles. The van der Waals surface area contributed by atoms with Gasteiger partial charge in [0.05, 0.1) is 13.7 Å². The van der Waals surface area contributed by atoms with Gasteiger partial charge in [0.25, 0.3) is 0 Å². The summed E-state index contributed by atoms with van der Waals surface area (Å²) in [6.45, 7) is 0.507. The first-order valence-electron chi connectivity index (χ1n) is 4.46. The standard InChI is InChI=1S/C10H13NO3/c1-12-8-4-2-7(3-5-8)9-6-13-10(11)14-9/h2-5,9-10H,6,11H2,1H3. The molecule has 1 aliphatic rings. The van der Waals surface area contributed by atoms with Gasteiger partial charge in [0.15, 0.2) is 0 Å². The van der Waals surface area contributed by atoms with E-state index in [4.69, 9.17) is 19.9 Å². The number of hydrogen-bond donors (Lipinski definition) is 1. The van der Waals surface area contributed by atoms with E-state index in [1.165, 1.54) is 0 Å². The molecule has 1 aromatic carbocycles. The number of nitrogens with two attached hydrogens (primary N) is 1. The van der Waals surface area contributed by atoms with Crippen LogP contribution in [0.1, 0.15) is 11.7 Å². The van der Waals surface area contributed by atoms with E-state index in [9.17, 15) is 0 Å². The van der Waals surface area contributed by atoms with Crippen LogP contribution in [0.15, 0.2) is 24.3 Å². The average molecular weight is 195 g/mol. The number of methoxy groups -OCH3 is 1. The van der Waals surface area contributed by atoms with Crippen molar-refractivity contribution < 1.29 is 14.2 Å². The highest BCUT2D eigenvalue weighted by Gasteiger charge is 2.24. The van der Waals surface area contributed by atoms with Gasteiger partial charge in [-0.05, 0) is 17.7 Å². The first-order valence-corrected chi connectivity index (χ1v) is 4.46. The topological polar surface area (TPSA) is 53.7 Å². The lowest BCUT2D eigenvalue weighted by Crippen LogP contribution is -2.19. The molecule has 2 unspecified atom stereocenters. The van der Waals surface area contributed by atoms with Gasteiger partial charge in [-0.3, -0.25) is 5.73 Å². The Hall–Kier alpha value is -1.10. The summed E-state index contributed by atoms with van der Waals surface area (Å²) in [7, 11) is 1.64. The minimum Gasteiger partial charge on any atom is -0.497 e. The third-order valence-electron chi connectivity index (χ3n) is 2.20. The molecule has 14 heavy (non-hydrogen) atoms. The lowest BCUT2D eigenvalue weighted by Gasteiger charge is -2.09. The molecule has 76 valence electrons. The highest BCUT2D eigenvalue weighted by Crippen LogP contribution is 2.25. The first-order chi connectivity index (χ1) is 6.79. The molecule has 0 amide bonds. The molecule has 4 nitrogen and oxygen atoms in total. The van der Waals surface area contributed by atoms with E-state index in [1.807, 2.05) is 24.3 Å². The second-order valence-electron chi connectivity index (χ2n) is 3.10. The molecule has 0 saturated carbocycles. The SMILES string of the molecule is COc1ccc(C2COC(N)O2)cc1. The third kappa shape index (κ3) is 1.87. The summed E-state index contributed by atoms with van der Waals surface area (Å²) in [6, 6.07) is 7.68. The van der Waals surface area contributed by atoms with Crippen molar-refractivity contribution in [3.8, 4) is 5.75 Å². The normalized spacial score (nSPS) is 26.4. The molecule has 0 aromatic heterocycles. The summed E-state index contributed by atoms with van der Waals surface area (Å²) in [4.78, 5) is 0. The Bertz CT molecular complexity index is 299. The maximum atomic E-state index is 5.45. The highest BCUT2D eigenvalue weighted by atomic mass is 16.7. The summed E-state index contributed by atoms with van der Waals surface area (Å²) in [5, 5.41) is 0. The Morgan fingerprint density at radius 2 is 2.07 bits per heavy atom. The largest absolute Gasteiger partial charge is 0.497 e. The van der Waals surface area contributed by atoms with Crippen molar-refractivity contribution in [1.29, 1.82) is 0 Å². The molecule has 0 aliphatic carbocycles. The Labute approximate surface area is 82.6 Å².